The van der Waals surface area contributed by atoms with E-state index in [4.69, 9.17) is 4.74 Å². The Labute approximate surface area is 305 Å². The van der Waals surface area contributed by atoms with Crippen LogP contribution < -0.4 is 25.0 Å². The number of amides is 3. The number of hydrogen-bond acceptors (Lipinski definition) is 9. The van der Waals surface area contributed by atoms with Gasteiger partial charge in [-0.05, 0) is 65.6 Å². The lowest BCUT2D eigenvalue weighted by Gasteiger charge is -2.47. The predicted octanol–water partition coefficient (Wildman–Crippen LogP) is 2.37. The van der Waals surface area contributed by atoms with Gasteiger partial charge in [0.25, 0.3) is 5.91 Å². The molecule has 0 unspecified atom stereocenters. The van der Waals surface area contributed by atoms with Gasteiger partial charge in [0.15, 0.2) is 6.61 Å². The van der Waals surface area contributed by atoms with Crippen molar-refractivity contribution < 1.29 is 46.9 Å². The minimum absolute atomic E-state index is 0.0507. The largest absolute Gasteiger partial charge is 0.484 e. The molecule has 0 aromatic heterocycles. The lowest BCUT2D eigenvalue weighted by molar-refractivity contribution is -0.143. The minimum Gasteiger partial charge on any atom is -0.484 e. The summed E-state index contributed by atoms with van der Waals surface area (Å²) >= 11 is 1.27. The average molecular weight is 755 g/mol. The van der Waals surface area contributed by atoms with Crippen molar-refractivity contribution in [3.05, 3.63) is 95.3 Å². The van der Waals surface area contributed by atoms with Gasteiger partial charge in [0.05, 0.1) is 31.5 Å². The summed E-state index contributed by atoms with van der Waals surface area (Å²) in [4.78, 5) is 50.9. The standard InChI is InChI=1S/C36H39FN4O9S2/c1-22(2)32(36(46)47)40-30(43)19-38-31(44)20-50-28-16-10-25(11-17-28)33-34(51-21-29(42)24-8-12-26(37)13-9-24)35(45)41(33)27-14-6-23(7-15-27)5-4-18-39-52(3,48)49/h6-17,22,29,32-34,39,42H,18-21H2,1-3H3,(H,38,44)(H,40,43)(H,46,47)/t29-,32+,33+,34+/m0/s1. The predicted molar refractivity (Wildman–Crippen MR) is 193 cm³/mol. The van der Waals surface area contributed by atoms with Crippen molar-refractivity contribution in [2.45, 2.75) is 37.3 Å². The number of carboxylic acids is 1. The molecular formula is C36H39FN4O9S2. The number of carbonyl (C=O) groups excluding carboxylic acids is 3. The number of nitrogens with zero attached hydrogens (tertiary/aromatic N) is 1. The molecule has 0 saturated carbocycles. The molecule has 1 aliphatic heterocycles. The molecule has 0 spiro atoms. The fourth-order valence-electron chi connectivity index (χ4n) is 5.11. The van der Waals surface area contributed by atoms with Crippen molar-refractivity contribution >= 4 is 51.2 Å². The second-order valence-electron chi connectivity index (χ2n) is 12.2. The van der Waals surface area contributed by atoms with Crippen LogP contribution in [0.2, 0.25) is 0 Å². The second-order valence-corrected chi connectivity index (χ2v) is 15.2. The Morgan fingerprint density at radius 3 is 2.25 bits per heavy atom. The van der Waals surface area contributed by atoms with E-state index in [-0.39, 0.29) is 24.1 Å². The first-order chi connectivity index (χ1) is 24.6. The number of aliphatic carboxylic acids is 1. The number of rotatable bonds is 16. The SMILES string of the molecule is CC(C)[C@@H](NC(=O)CNC(=O)COc1ccc([C@@H]2[C@@H](SC[C@H](O)c3ccc(F)cc3)C(=O)N2c2ccc(C#CCNS(C)(=O)=O)cc2)cc1)C(=O)O. The maximum absolute atomic E-state index is 13.6. The van der Waals surface area contributed by atoms with Crippen molar-refractivity contribution in [3.63, 3.8) is 0 Å². The highest BCUT2D eigenvalue weighted by molar-refractivity contribution is 8.00. The zero-order valence-corrected chi connectivity index (χ0v) is 30.2. The molecule has 13 nitrogen and oxygen atoms in total. The zero-order chi connectivity index (χ0) is 38.0. The van der Waals surface area contributed by atoms with E-state index in [2.05, 4.69) is 27.2 Å². The zero-order valence-electron chi connectivity index (χ0n) is 28.5. The molecule has 16 heteroatoms. The number of ether oxygens (including phenoxy) is 1. The lowest BCUT2D eigenvalue weighted by atomic mass is 9.92. The second kappa shape index (κ2) is 18.0. The first-order valence-electron chi connectivity index (χ1n) is 16.1. The van der Waals surface area contributed by atoms with Gasteiger partial charge in [-0.15, -0.1) is 11.8 Å². The minimum atomic E-state index is -3.37. The quantitative estimate of drug-likeness (QED) is 0.107. The van der Waals surface area contributed by atoms with Crippen LogP contribution in [0.15, 0.2) is 72.8 Å². The number of sulfonamides is 1. The Kier molecular flexibility index (Phi) is 13.8. The van der Waals surface area contributed by atoms with E-state index in [9.17, 15) is 42.2 Å². The number of anilines is 1. The van der Waals surface area contributed by atoms with Crippen LogP contribution in [0.1, 0.15) is 42.7 Å². The van der Waals surface area contributed by atoms with Crippen LogP contribution in [0.25, 0.3) is 0 Å². The van der Waals surface area contributed by atoms with Crippen LogP contribution in [0.4, 0.5) is 10.1 Å². The fraction of sp³-hybridized carbons (Fsp3) is 0.333. The third kappa shape index (κ3) is 11.3. The van der Waals surface area contributed by atoms with Gasteiger partial charge in [-0.3, -0.25) is 14.4 Å². The van der Waals surface area contributed by atoms with Gasteiger partial charge < -0.3 is 30.5 Å². The topological polar surface area (TPSA) is 191 Å². The Morgan fingerprint density at radius 1 is 1.00 bits per heavy atom. The summed E-state index contributed by atoms with van der Waals surface area (Å²) in [6, 6.07) is 17.6. The number of aliphatic hydroxyl groups is 1. The van der Waals surface area contributed by atoms with Gasteiger partial charge in [-0.1, -0.05) is 50.0 Å². The summed E-state index contributed by atoms with van der Waals surface area (Å²) in [6.07, 6.45) is 0.101. The summed E-state index contributed by atoms with van der Waals surface area (Å²) in [5, 5.41) is 24.2. The Morgan fingerprint density at radius 2 is 1.65 bits per heavy atom. The Hall–Kier alpha value is -4.95. The van der Waals surface area contributed by atoms with Crippen LogP contribution in [0.5, 0.6) is 5.75 Å². The summed E-state index contributed by atoms with van der Waals surface area (Å²) in [6.45, 7) is 2.42. The number of carboxylic acid groups (broad SMARTS) is 1. The smallest absolute Gasteiger partial charge is 0.326 e. The number of aliphatic hydroxyl groups excluding tert-OH is 1. The number of benzene rings is 3. The van der Waals surface area contributed by atoms with E-state index < -0.39 is 70.2 Å². The molecule has 1 saturated heterocycles. The molecule has 1 aliphatic rings. The van der Waals surface area contributed by atoms with E-state index in [1.165, 1.54) is 36.0 Å². The molecule has 4 rings (SSSR count). The molecule has 0 bridgehead atoms. The molecule has 0 aliphatic carbocycles. The number of carbonyl (C=O) groups is 4. The molecule has 3 amide bonds. The van der Waals surface area contributed by atoms with E-state index in [1.54, 1.807) is 67.3 Å². The number of hydrogen-bond donors (Lipinski definition) is 5. The van der Waals surface area contributed by atoms with Gasteiger partial charge >= 0.3 is 5.97 Å². The first-order valence-corrected chi connectivity index (χ1v) is 19.0. The van der Waals surface area contributed by atoms with Crippen molar-refractivity contribution in [3.8, 4) is 17.6 Å². The normalized spacial score (nSPS) is 16.6. The molecule has 3 aromatic rings. The fourth-order valence-corrected chi connectivity index (χ4v) is 6.74. The molecule has 3 aromatic carbocycles. The number of nitrogens with one attached hydrogen (secondary N) is 3. The number of thioether (sulfide) groups is 1. The summed E-state index contributed by atoms with van der Waals surface area (Å²) < 4.78 is 43.8. The van der Waals surface area contributed by atoms with E-state index in [0.29, 0.717) is 22.6 Å². The molecule has 0 radical (unpaired) electrons. The van der Waals surface area contributed by atoms with Gasteiger partial charge in [-0.25, -0.2) is 22.3 Å². The van der Waals surface area contributed by atoms with Gasteiger partial charge in [0.1, 0.15) is 22.9 Å². The van der Waals surface area contributed by atoms with E-state index >= 15 is 0 Å². The Bertz CT molecular complexity index is 1910. The first kappa shape index (κ1) is 39.8. The number of halogens is 1. The molecule has 4 atom stereocenters. The third-order valence-electron chi connectivity index (χ3n) is 7.82. The van der Waals surface area contributed by atoms with Crippen molar-refractivity contribution in [2.75, 3.05) is 36.6 Å². The van der Waals surface area contributed by atoms with Crippen molar-refractivity contribution in [2.24, 2.45) is 5.92 Å². The highest BCUT2D eigenvalue weighted by Gasteiger charge is 2.49. The maximum Gasteiger partial charge on any atom is 0.326 e. The molecular weight excluding hydrogens is 716 g/mol. The number of β-lactam (4-membered cyclic amide) rings is 1. The van der Waals surface area contributed by atoms with E-state index in [1.807, 2.05) is 0 Å². The van der Waals surface area contributed by atoms with Crippen molar-refractivity contribution in [1.29, 1.82) is 0 Å². The Balaban J connectivity index is 1.42. The monoisotopic (exact) mass is 754 g/mol. The molecule has 1 heterocycles. The third-order valence-corrected chi connectivity index (χ3v) is 9.82. The van der Waals surface area contributed by atoms with Crippen LogP contribution in [-0.4, -0.2) is 85.3 Å². The van der Waals surface area contributed by atoms with Crippen molar-refractivity contribution in [1.82, 2.24) is 15.4 Å². The van der Waals surface area contributed by atoms with E-state index in [0.717, 1.165) is 11.8 Å². The van der Waals surface area contributed by atoms with Crippen LogP contribution in [0, 0.1) is 23.6 Å². The summed E-state index contributed by atoms with van der Waals surface area (Å²) in [5.41, 5.74) is 2.47. The average Bonchev–Trinajstić information content (AvgIpc) is 3.10. The van der Waals surface area contributed by atoms with Gasteiger partial charge in [-0.2, -0.15) is 0 Å². The molecule has 1 fully saturated rings. The molecule has 5 N–H and O–H groups in total. The molecule has 276 valence electrons. The highest BCUT2D eigenvalue weighted by Crippen LogP contribution is 2.46. The summed E-state index contributed by atoms with van der Waals surface area (Å²) in [5.74, 6) is 2.73. The maximum atomic E-state index is 13.6. The highest BCUT2D eigenvalue weighted by atomic mass is 32.2. The lowest BCUT2D eigenvalue weighted by Crippen LogP contribution is -2.57. The van der Waals surface area contributed by atoms with Gasteiger partial charge in [0, 0.05) is 17.0 Å². The molecule has 52 heavy (non-hydrogen) atoms. The van der Waals surface area contributed by atoms with Crippen LogP contribution in [-0.2, 0) is 29.2 Å². The van der Waals surface area contributed by atoms with Gasteiger partial charge in [0.2, 0.25) is 21.8 Å². The van der Waals surface area contributed by atoms with Crippen LogP contribution in [0.3, 0.4) is 0 Å². The van der Waals surface area contributed by atoms with Crippen LogP contribution >= 0.6 is 11.8 Å². The summed E-state index contributed by atoms with van der Waals surface area (Å²) in [7, 11) is -3.37.